The predicted molar refractivity (Wildman–Crippen MR) is 49.3 cm³/mol. The minimum Gasteiger partial charge on any atom is -0.224 e. The van der Waals surface area contributed by atoms with Gasteiger partial charge in [-0.25, -0.2) is 8.42 Å². The fraction of sp³-hybridized carbons (Fsp3) is 0.222. The SMILES string of the molecule is CS(=O)(=O)/C1=C/C=C\CC=C=C1. The highest BCUT2D eigenvalue weighted by Gasteiger charge is 2.05. The molecule has 1 aliphatic rings. The predicted octanol–water partition coefficient (Wildman–Crippen LogP) is 1.59. The third-order valence-electron chi connectivity index (χ3n) is 1.42. The van der Waals surface area contributed by atoms with E-state index >= 15 is 0 Å². The van der Waals surface area contributed by atoms with Crippen LogP contribution >= 0.6 is 0 Å². The van der Waals surface area contributed by atoms with Gasteiger partial charge in [0.1, 0.15) is 0 Å². The van der Waals surface area contributed by atoms with Crippen molar-refractivity contribution in [3.8, 4) is 0 Å². The Morgan fingerprint density at radius 1 is 1.50 bits per heavy atom. The number of hydrogen-bond donors (Lipinski definition) is 0. The molecule has 3 heteroatoms. The fourth-order valence-corrected chi connectivity index (χ4v) is 1.41. The van der Waals surface area contributed by atoms with Gasteiger partial charge in [0.25, 0.3) is 0 Å². The van der Waals surface area contributed by atoms with Gasteiger partial charge in [-0.2, -0.15) is 0 Å². The van der Waals surface area contributed by atoms with E-state index in [2.05, 4.69) is 5.73 Å². The molecule has 12 heavy (non-hydrogen) atoms. The Labute approximate surface area is 72.5 Å². The van der Waals surface area contributed by atoms with Crippen LogP contribution in [0.4, 0.5) is 0 Å². The van der Waals surface area contributed by atoms with Gasteiger partial charge in [-0.05, 0) is 24.6 Å². The molecule has 0 radical (unpaired) electrons. The number of allylic oxidation sites excluding steroid dienone is 4. The molecular formula is C9H10O2S. The Balaban J connectivity index is 3.12. The van der Waals surface area contributed by atoms with E-state index in [0.717, 1.165) is 6.42 Å². The van der Waals surface area contributed by atoms with Crippen LogP contribution in [-0.4, -0.2) is 14.7 Å². The summed E-state index contributed by atoms with van der Waals surface area (Å²) in [7, 11) is -3.09. The van der Waals surface area contributed by atoms with Crippen LogP contribution < -0.4 is 0 Å². The van der Waals surface area contributed by atoms with Crippen LogP contribution in [0.15, 0.2) is 41.0 Å². The third-order valence-corrected chi connectivity index (χ3v) is 2.53. The van der Waals surface area contributed by atoms with Crippen LogP contribution in [0, 0.1) is 0 Å². The van der Waals surface area contributed by atoms with E-state index in [1.807, 2.05) is 6.08 Å². The first-order valence-corrected chi connectivity index (χ1v) is 5.47. The zero-order chi connectivity index (χ0) is 9.03. The topological polar surface area (TPSA) is 34.1 Å². The standard InChI is InChI=1S/C9H10O2S/c1-12(10,11)9-7-5-3-2-4-6-8-9/h3-5,7-8H,2H2,1H3/b5-3-,9-7+. The second kappa shape index (κ2) is 3.57. The molecule has 0 bridgehead atoms. The van der Waals surface area contributed by atoms with E-state index < -0.39 is 9.84 Å². The maximum absolute atomic E-state index is 11.1. The lowest BCUT2D eigenvalue weighted by Crippen LogP contribution is -1.97. The molecular weight excluding hydrogens is 172 g/mol. The van der Waals surface area contributed by atoms with Gasteiger partial charge in [-0.15, -0.1) is 5.73 Å². The van der Waals surface area contributed by atoms with Gasteiger partial charge in [-0.1, -0.05) is 12.2 Å². The van der Waals surface area contributed by atoms with Crippen molar-refractivity contribution in [2.45, 2.75) is 6.42 Å². The molecule has 0 spiro atoms. The summed E-state index contributed by atoms with van der Waals surface area (Å²) in [4.78, 5) is 0.301. The van der Waals surface area contributed by atoms with Crippen molar-refractivity contribution in [3.05, 3.63) is 41.0 Å². The summed E-state index contributed by atoms with van der Waals surface area (Å²) in [5, 5.41) is 0. The fourth-order valence-electron chi connectivity index (χ4n) is 0.797. The van der Waals surface area contributed by atoms with Crippen molar-refractivity contribution in [1.29, 1.82) is 0 Å². The Bertz CT molecular complexity index is 377. The monoisotopic (exact) mass is 182 g/mol. The van der Waals surface area contributed by atoms with Crippen LogP contribution in [0.25, 0.3) is 0 Å². The highest BCUT2D eigenvalue weighted by Crippen LogP contribution is 2.07. The van der Waals surface area contributed by atoms with Crippen LogP contribution in [0.1, 0.15) is 6.42 Å². The lowest BCUT2D eigenvalue weighted by atomic mass is 10.3. The molecule has 64 valence electrons. The maximum atomic E-state index is 11.1. The van der Waals surface area contributed by atoms with E-state index in [1.54, 1.807) is 18.2 Å². The summed E-state index contributed by atoms with van der Waals surface area (Å²) in [6, 6.07) is 0. The molecule has 0 aromatic rings. The molecule has 1 rings (SSSR count). The molecule has 0 aromatic heterocycles. The van der Waals surface area contributed by atoms with Gasteiger partial charge in [-0.3, -0.25) is 0 Å². The van der Waals surface area contributed by atoms with Crippen LogP contribution in [-0.2, 0) is 9.84 Å². The quantitative estimate of drug-likeness (QED) is 0.577. The first-order chi connectivity index (χ1) is 5.61. The first kappa shape index (κ1) is 9.04. The Hall–Kier alpha value is -1.05. The molecule has 0 aliphatic heterocycles. The van der Waals surface area contributed by atoms with Crippen molar-refractivity contribution in [1.82, 2.24) is 0 Å². The summed E-state index contributed by atoms with van der Waals surface area (Å²) in [5.41, 5.74) is 2.80. The lowest BCUT2D eigenvalue weighted by molar-refractivity contribution is 0.608. The minimum absolute atomic E-state index is 0.301. The summed E-state index contributed by atoms with van der Waals surface area (Å²) < 4.78 is 22.1. The summed E-state index contributed by atoms with van der Waals surface area (Å²) in [6.07, 6.45) is 10.5. The third kappa shape index (κ3) is 2.53. The first-order valence-electron chi connectivity index (χ1n) is 3.58. The lowest BCUT2D eigenvalue weighted by Gasteiger charge is -1.95. The Morgan fingerprint density at radius 2 is 2.25 bits per heavy atom. The van der Waals surface area contributed by atoms with Crippen LogP contribution in [0.2, 0.25) is 0 Å². The highest BCUT2D eigenvalue weighted by molar-refractivity contribution is 7.94. The highest BCUT2D eigenvalue weighted by atomic mass is 32.2. The average molecular weight is 182 g/mol. The van der Waals surface area contributed by atoms with Gasteiger partial charge in [0.15, 0.2) is 9.84 Å². The second-order valence-electron chi connectivity index (χ2n) is 2.52. The van der Waals surface area contributed by atoms with E-state index in [9.17, 15) is 8.42 Å². The number of sulfone groups is 1. The van der Waals surface area contributed by atoms with Crippen LogP contribution in [0.5, 0.6) is 0 Å². The van der Waals surface area contributed by atoms with E-state index in [0.29, 0.717) is 4.91 Å². The molecule has 2 nitrogen and oxygen atoms in total. The molecule has 0 atom stereocenters. The minimum atomic E-state index is -3.09. The summed E-state index contributed by atoms with van der Waals surface area (Å²) >= 11 is 0. The molecule has 1 aliphatic carbocycles. The van der Waals surface area contributed by atoms with Crippen molar-refractivity contribution >= 4 is 9.84 Å². The zero-order valence-electron chi connectivity index (χ0n) is 6.82. The van der Waals surface area contributed by atoms with Gasteiger partial charge in [0.2, 0.25) is 0 Å². The normalized spacial score (nSPS) is 23.9. The Kier molecular flexibility index (Phi) is 2.69. The maximum Gasteiger partial charge on any atom is 0.176 e. The summed E-state index contributed by atoms with van der Waals surface area (Å²) in [6.45, 7) is 0. The van der Waals surface area contributed by atoms with E-state index in [4.69, 9.17) is 0 Å². The Morgan fingerprint density at radius 3 is 2.92 bits per heavy atom. The van der Waals surface area contributed by atoms with Gasteiger partial charge < -0.3 is 0 Å². The summed E-state index contributed by atoms with van der Waals surface area (Å²) in [5.74, 6) is 0. The van der Waals surface area contributed by atoms with Gasteiger partial charge in [0.05, 0.1) is 4.91 Å². The molecule has 0 unspecified atom stereocenters. The largest absolute Gasteiger partial charge is 0.224 e. The van der Waals surface area contributed by atoms with Crippen molar-refractivity contribution in [2.75, 3.05) is 6.26 Å². The van der Waals surface area contributed by atoms with Crippen molar-refractivity contribution < 1.29 is 8.42 Å². The molecule has 0 amide bonds. The molecule has 0 heterocycles. The van der Waals surface area contributed by atoms with Gasteiger partial charge >= 0.3 is 0 Å². The van der Waals surface area contributed by atoms with E-state index in [-0.39, 0.29) is 0 Å². The molecule has 0 fully saturated rings. The smallest absolute Gasteiger partial charge is 0.176 e. The molecule has 0 saturated heterocycles. The van der Waals surface area contributed by atoms with Crippen molar-refractivity contribution in [3.63, 3.8) is 0 Å². The second-order valence-corrected chi connectivity index (χ2v) is 4.54. The van der Waals surface area contributed by atoms with Gasteiger partial charge in [0, 0.05) is 6.26 Å². The number of hydrogen-bond acceptors (Lipinski definition) is 2. The zero-order valence-corrected chi connectivity index (χ0v) is 7.64. The average Bonchev–Trinajstić information content (AvgIpc) is 1.81. The van der Waals surface area contributed by atoms with E-state index in [1.165, 1.54) is 12.3 Å². The van der Waals surface area contributed by atoms with Crippen LogP contribution in [0.3, 0.4) is 0 Å². The number of rotatable bonds is 1. The van der Waals surface area contributed by atoms with Crippen molar-refractivity contribution in [2.24, 2.45) is 0 Å². The molecule has 0 N–H and O–H groups in total. The molecule has 0 saturated carbocycles. The molecule has 0 aromatic carbocycles.